The molecule has 0 aliphatic carbocycles. The molecule has 0 N–H and O–H groups in total. The molecule has 0 unspecified atom stereocenters. The monoisotopic (exact) mass is 732 g/mol. The van der Waals surface area contributed by atoms with Crippen LogP contribution in [0, 0.1) is 0 Å². The van der Waals surface area contributed by atoms with Gasteiger partial charge in [-0.1, -0.05) is 208 Å². The van der Waals surface area contributed by atoms with E-state index in [0.717, 1.165) is 19.3 Å². The Kier molecular flexibility index (Phi) is 11.1. The molecule has 0 spiro atoms. The molecule has 0 heterocycles. The van der Waals surface area contributed by atoms with Crippen LogP contribution in [0.15, 0.2) is 146 Å². The van der Waals surface area contributed by atoms with Gasteiger partial charge >= 0.3 is 0 Å². The summed E-state index contributed by atoms with van der Waals surface area (Å²) in [6, 6.07) is 54.6. The molecule has 0 fully saturated rings. The first-order valence-corrected chi connectivity index (χ1v) is 22.3. The van der Waals surface area contributed by atoms with Gasteiger partial charge in [0.2, 0.25) is 7.38 Å². The largest absolute Gasteiger partial charge is 0.248 e. The predicted molar refractivity (Wildman–Crippen MR) is 234 cm³/mol. The number of benzene rings is 6. The van der Waals surface area contributed by atoms with E-state index in [1.54, 1.807) is 0 Å². The Balaban J connectivity index is 1.50. The van der Waals surface area contributed by atoms with E-state index in [1.807, 2.05) is 0 Å². The summed E-state index contributed by atoms with van der Waals surface area (Å²) in [4.78, 5) is 0. The zero-order valence-corrected chi connectivity index (χ0v) is 35.1. The molecule has 6 aromatic rings. The first-order chi connectivity index (χ1) is 25.0. The molecular formula is C51H57ClSi. The second kappa shape index (κ2) is 15.3. The van der Waals surface area contributed by atoms with Gasteiger partial charge in [-0.2, -0.15) is 0 Å². The lowest BCUT2D eigenvalue weighted by atomic mass is 9.86. The van der Waals surface area contributed by atoms with E-state index >= 15 is 0 Å². The number of hydrogen-bond acceptors (Lipinski definition) is 0. The van der Waals surface area contributed by atoms with Crippen molar-refractivity contribution in [3.05, 3.63) is 196 Å². The smallest absolute Gasteiger partial charge is 0.149 e. The standard InChI is InChI=1S/C51H57ClSi/c1-49(2,3)43-28-22-37(23-29-43)34-40-16-10-13-19-46(40)53(52,47-20-14-11-17-41(47)35-38-24-30-44(31-25-38)50(4,5)6)48-21-15-12-18-42(48)36-39-26-32-45(33-27-39)51(7,8)9/h10-33H,34-36H2,1-9H3. The number of halogens is 1. The van der Waals surface area contributed by atoms with Gasteiger partial charge in [-0.3, -0.25) is 0 Å². The van der Waals surface area contributed by atoms with Crippen molar-refractivity contribution >= 4 is 34.0 Å². The summed E-state index contributed by atoms with van der Waals surface area (Å²) >= 11 is 8.62. The number of hydrogen-bond donors (Lipinski definition) is 0. The zero-order valence-electron chi connectivity index (χ0n) is 33.4. The SMILES string of the molecule is CC(C)(C)c1ccc(Cc2ccccc2[Si](Cl)(c2ccccc2Cc2ccc(C(C)(C)C)cc2)c2ccccc2Cc2ccc(C(C)(C)C)cc2)cc1. The molecule has 0 aromatic heterocycles. The van der Waals surface area contributed by atoms with Crippen molar-refractivity contribution in [2.75, 3.05) is 0 Å². The van der Waals surface area contributed by atoms with E-state index in [2.05, 4.69) is 208 Å². The highest BCUT2D eigenvalue weighted by molar-refractivity contribution is 7.40. The topological polar surface area (TPSA) is 0 Å². The second-order valence-corrected chi connectivity index (χ2v) is 22.6. The van der Waals surface area contributed by atoms with Gasteiger partial charge in [0, 0.05) is 0 Å². The molecule has 0 nitrogen and oxygen atoms in total. The van der Waals surface area contributed by atoms with Crippen molar-refractivity contribution in [1.82, 2.24) is 0 Å². The maximum Gasteiger partial charge on any atom is 0.248 e. The Morgan fingerprint density at radius 2 is 0.566 bits per heavy atom. The van der Waals surface area contributed by atoms with Crippen molar-refractivity contribution in [2.45, 2.75) is 97.8 Å². The van der Waals surface area contributed by atoms with Crippen LogP contribution in [0.3, 0.4) is 0 Å². The molecule has 0 bridgehead atoms. The van der Waals surface area contributed by atoms with Crippen LogP contribution in [0.4, 0.5) is 0 Å². The molecule has 53 heavy (non-hydrogen) atoms. The van der Waals surface area contributed by atoms with E-state index in [1.165, 1.54) is 65.6 Å². The summed E-state index contributed by atoms with van der Waals surface area (Å²) < 4.78 is 0. The van der Waals surface area contributed by atoms with Gasteiger partial charge in [-0.05, 0) is 101 Å². The summed E-state index contributed by atoms with van der Waals surface area (Å²) in [6.45, 7) is 20.5. The zero-order chi connectivity index (χ0) is 38.0. The lowest BCUT2D eigenvalue weighted by Crippen LogP contribution is -2.65. The van der Waals surface area contributed by atoms with Crippen LogP contribution >= 0.6 is 11.1 Å². The van der Waals surface area contributed by atoms with Gasteiger partial charge in [-0.25, -0.2) is 0 Å². The minimum absolute atomic E-state index is 0.113. The van der Waals surface area contributed by atoms with Crippen molar-refractivity contribution < 1.29 is 0 Å². The lowest BCUT2D eigenvalue weighted by Gasteiger charge is -2.32. The molecule has 0 aliphatic heterocycles. The Labute approximate surface area is 326 Å². The summed E-state index contributed by atoms with van der Waals surface area (Å²) in [5, 5.41) is 3.81. The molecule has 0 radical (unpaired) electrons. The van der Waals surface area contributed by atoms with E-state index in [9.17, 15) is 0 Å². The maximum absolute atomic E-state index is 8.62. The summed E-state index contributed by atoms with van der Waals surface area (Å²) in [7, 11) is -3.12. The van der Waals surface area contributed by atoms with E-state index in [0.29, 0.717) is 0 Å². The highest BCUT2D eigenvalue weighted by atomic mass is 35.6. The van der Waals surface area contributed by atoms with Crippen LogP contribution in [-0.4, -0.2) is 7.38 Å². The molecule has 0 amide bonds. The minimum Gasteiger partial charge on any atom is -0.149 e. The predicted octanol–water partition coefficient (Wildman–Crippen LogP) is 11.6. The first-order valence-electron chi connectivity index (χ1n) is 19.3. The van der Waals surface area contributed by atoms with Crippen molar-refractivity contribution in [3.63, 3.8) is 0 Å². The second-order valence-electron chi connectivity index (χ2n) is 18.0. The van der Waals surface area contributed by atoms with Crippen LogP contribution in [0.1, 0.15) is 112 Å². The van der Waals surface area contributed by atoms with Crippen molar-refractivity contribution in [3.8, 4) is 0 Å². The fraction of sp³-hybridized carbons (Fsp3) is 0.294. The van der Waals surface area contributed by atoms with Crippen LogP contribution in [0.2, 0.25) is 0 Å². The average molecular weight is 734 g/mol. The third kappa shape index (κ3) is 8.80. The molecule has 0 saturated heterocycles. The fourth-order valence-corrected chi connectivity index (χ4v) is 12.8. The number of rotatable bonds is 9. The third-order valence-corrected chi connectivity index (χ3v) is 16.3. The normalized spacial score (nSPS) is 12.6. The Morgan fingerprint density at radius 1 is 0.340 bits per heavy atom. The molecule has 0 aliphatic rings. The molecule has 272 valence electrons. The van der Waals surface area contributed by atoms with Gasteiger partial charge in [0.25, 0.3) is 0 Å². The Bertz CT molecular complexity index is 1890. The van der Waals surface area contributed by atoms with E-state index < -0.39 is 7.38 Å². The van der Waals surface area contributed by atoms with Crippen LogP contribution < -0.4 is 15.6 Å². The third-order valence-electron chi connectivity index (χ3n) is 10.8. The lowest BCUT2D eigenvalue weighted by molar-refractivity contribution is 0.590. The molecule has 6 rings (SSSR count). The minimum atomic E-state index is -3.12. The van der Waals surface area contributed by atoms with Gasteiger partial charge < -0.3 is 0 Å². The highest BCUT2D eigenvalue weighted by Crippen LogP contribution is 2.27. The summed E-state index contributed by atoms with van der Waals surface area (Å²) in [5.41, 5.74) is 12.2. The quantitative estimate of drug-likeness (QED) is 0.0789. The van der Waals surface area contributed by atoms with Gasteiger partial charge in [0.1, 0.15) is 0 Å². The molecule has 0 saturated carbocycles. The molecule has 0 atom stereocenters. The van der Waals surface area contributed by atoms with Crippen LogP contribution in [-0.2, 0) is 35.5 Å². The van der Waals surface area contributed by atoms with E-state index in [-0.39, 0.29) is 16.2 Å². The molecule has 6 aromatic carbocycles. The molecular weight excluding hydrogens is 676 g/mol. The van der Waals surface area contributed by atoms with Crippen LogP contribution in [0.5, 0.6) is 0 Å². The van der Waals surface area contributed by atoms with Gasteiger partial charge in [-0.15, -0.1) is 11.1 Å². The first kappa shape index (κ1) is 38.5. The molecule has 2 heteroatoms. The van der Waals surface area contributed by atoms with E-state index in [4.69, 9.17) is 11.1 Å². The Morgan fingerprint density at radius 3 is 0.792 bits per heavy atom. The highest BCUT2D eigenvalue weighted by Gasteiger charge is 2.42. The maximum atomic E-state index is 8.62. The van der Waals surface area contributed by atoms with Crippen molar-refractivity contribution in [2.24, 2.45) is 0 Å². The average Bonchev–Trinajstić information content (AvgIpc) is 3.12. The van der Waals surface area contributed by atoms with Gasteiger partial charge in [0.15, 0.2) is 0 Å². The fourth-order valence-electron chi connectivity index (χ4n) is 7.49. The summed E-state index contributed by atoms with van der Waals surface area (Å²) in [6.07, 6.45) is 2.48. The Hall–Kier alpha value is -4.17. The van der Waals surface area contributed by atoms with Gasteiger partial charge in [0.05, 0.1) is 0 Å². The van der Waals surface area contributed by atoms with Crippen LogP contribution in [0.25, 0.3) is 0 Å². The van der Waals surface area contributed by atoms with Crippen molar-refractivity contribution in [1.29, 1.82) is 0 Å². The summed E-state index contributed by atoms with van der Waals surface area (Å²) in [5.74, 6) is 0.